The number of carbonyl (C=O) groups is 1. The number of ether oxygens (including phenoxy) is 1. The molecule has 3 N–H and O–H groups in total. The minimum Gasteiger partial charge on any atom is -0.489 e. The molecule has 1 unspecified atom stereocenters. The number of carbonyl (C=O) groups excluding carboxylic acids is 1. The fourth-order valence-corrected chi connectivity index (χ4v) is 3.48. The monoisotopic (exact) mass is 410 g/mol. The molecule has 2 aliphatic carbocycles. The fraction of sp³-hybridized carbons (Fsp3) is 0.292. The molecule has 5 heteroatoms. The molecule has 0 aromatic heterocycles. The van der Waals surface area contributed by atoms with Crippen LogP contribution in [0.25, 0.3) is 0 Å². The SMILES string of the molecule is CCC1=CC=CC(C(=O)NCC2C=CC(OCc3cccc(Cl)c3)=CC2)=C(N)C1. The lowest BCUT2D eigenvalue weighted by molar-refractivity contribution is -0.117. The summed E-state index contributed by atoms with van der Waals surface area (Å²) < 4.78 is 5.83. The van der Waals surface area contributed by atoms with Crippen molar-refractivity contribution in [1.82, 2.24) is 5.32 Å². The van der Waals surface area contributed by atoms with E-state index in [1.54, 1.807) is 6.08 Å². The summed E-state index contributed by atoms with van der Waals surface area (Å²) in [5.74, 6) is 0.952. The minimum atomic E-state index is -0.120. The maximum absolute atomic E-state index is 12.6. The van der Waals surface area contributed by atoms with E-state index in [2.05, 4.69) is 24.4 Å². The third-order valence-electron chi connectivity index (χ3n) is 5.03. The molecule has 1 amide bonds. The first-order valence-corrected chi connectivity index (χ1v) is 10.3. The molecule has 29 heavy (non-hydrogen) atoms. The van der Waals surface area contributed by atoms with Gasteiger partial charge in [0.2, 0.25) is 0 Å². The molecular formula is C24H27ClN2O2. The molecule has 1 atom stereocenters. The molecule has 0 heterocycles. The molecule has 4 nitrogen and oxygen atoms in total. The molecule has 1 aromatic carbocycles. The highest BCUT2D eigenvalue weighted by atomic mass is 35.5. The van der Waals surface area contributed by atoms with Crippen LogP contribution in [-0.2, 0) is 16.1 Å². The lowest BCUT2D eigenvalue weighted by Gasteiger charge is -2.18. The number of benzene rings is 1. The first-order valence-electron chi connectivity index (χ1n) is 9.93. The summed E-state index contributed by atoms with van der Waals surface area (Å²) in [6.07, 6.45) is 14.2. The molecule has 0 saturated heterocycles. The zero-order chi connectivity index (χ0) is 20.6. The third-order valence-corrected chi connectivity index (χ3v) is 5.27. The summed E-state index contributed by atoms with van der Waals surface area (Å²) in [7, 11) is 0. The number of nitrogens with two attached hydrogens (primary N) is 1. The number of hydrogen-bond donors (Lipinski definition) is 2. The van der Waals surface area contributed by atoms with Crippen molar-refractivity contribution in [3.05, 3.63) is 93.9 Å². The zero-order valence-electron chi connectivity index (χ0n) is 16.7. The van der Waals surface area contributed by atoms with Gasteiger partial charge in [0, 0.05) is 23.7 Å². The summed E-state index contributed by atoms with van der Waals surface area (Å²) in [6, 6.07) is 7.64. The first kappa shape index (κ1) is 21.0. The van der Waals surface area contributed by atoms with Gasteiger partial charge in [-0.2, -0.15) is 0 Å². The van der Waals surface area contributed by atoms with E-state index in [9.17, 15) is 4.79 Å². The second-order valence-electron chi connectivity index (χ2n) is 7.24. The van der Waals surface area contributed by atoms with Gasteiger partial charge in [-0.3, -0.25) is 4.79 Å². The average Bonchev–Trinajstić information content (AvgIpc) is 2.92. The second-order valence-corrected chi connectivity index (χ2v) is 7.68. The van der Waals surface area contributed by atoms with Crippen molar-refractivity contribution in [3.63, 3.8) is 0 Å². The van der Waals surface area contributed by atoms with Crippen LogP contribution in [0.3, 0.4) is 0 Å². The zero-order valence-corrected chi connectivity index (χ0v) is 17.4. The van der Waals surface area contributed by atoms with Gasteiger partial charge in [0.25, 0.3) is 5.91 Å². The Labute approximate surface area is 177 Å². The van der Waals surface area contributed by atoms with E-state index in [0.717, 1.165) is 24.2 Å². The average molecular weight is 411 g/mol. The molecule has 2 aliphatic rings. The van der Waals surface area contributed by atoms with Crippen LogP contribution in [0.5, 0.6) is 0 Å². The third kappa shape index (κ3) is 6.13. The minimum absolute atomic E-state index is 0.120. The first-order chi connectivity index (χ1) is 14.0. The molecule has 0 aliphatic heterocycles. The summed E-state index contributed by atoms with van der Waals surface area (Å²) in [6.45, 7) is 3.13. The molecule has 3 rings (SSSR count). The predicted molar refractivity (Wildman–Crippen MR) is 118 cm³/mol. The maximum atomic E-state index is 12.6. The molecule has 0 bridgehead atoms. The van der Waals surface area contributed by atoms with Crippen LogP contribution in [0.15, 0.2) is 83.3 Å². The number of allylic oxidation sites excluding steroid dienone is 5. The number of rotatable bonds is 7. The normalized spacial score (nSPS) is 18.8. The summed E-state index contributed by atoms with van der Waals surface area (Å²) in [5.41, 5.74) is 9.59. The van der Waals surface area contributed by atoms with Crippen LogP contribution in [0.2, 0.25) is 5.02 Å². The lowest BCUT2D eigenvalue weighted by atomic mass is 9.99. The Kier molecular flexibility index (Phi) is 7.36. The Hall–Kier alpha value is -2.72. The predicted octanol–water partition coefficient (Wildman–Crippen LogP) is 4.94. The van der Waals surface area contributed by atoms with Gasteiger partial charge < -0.3 is 15.8 Å². The van der Waals surface area contributed by atoms with Crippen LogP contribution in [0, 0.1) is 5.92 Å². The van der Waals surface area contributed by atoms with E-state index >= 15 is 0 Å². The van der Waals surface area contributed by atoms with Crippen molar-refractivity contribution in [2.45, 2.75) is 32.8 Å². The van der Waals surface area contributed by atoms with Crippen LogP contribution in [-0.4, -0.2) is 12.5 Å². The molecule has 0 radical (unpaired) electrons. The van der Waals surface area contributed by atoms with Gasteiger partial charge in [-0.25, -0.2) is 0 Å². The number of nitrogens with one attached hydrogen (secondary N) is 1. The quantitative estimate of drug-likeness (QED) is 0.669. The van der Waals surface area contributed by atoms with Gasteiger partial charge in [-0.05, 0) is 54.7 Å². The van der Waals surface area contributed by atoms with Crippen LogP contribution in [0.4, 0.5) is 0 Å². The van der Waals surface area contributed by atoms with Crippen molar-refractivity contribution in [2.24, 2.45) is 11.7 Å². The summed E-state index contributed by atoms with van der Waals surface area (Å²) in [4.78, 5) is 12.6. The summed E-state index contributed by atoms with van der Waals surface area (Å²) in [5, 5.41) is 3.71. The van der Waals surface area contributed by atoms with Gasteiger partial charge in [0.1, 0.15) is 12.4 Å². The maximum Gasteiger partial charge on any atom is 0.253 e. The van der Waals surface area contributed by atoms with Crippen molar-refractivity contribution < 1.29 is 9.53 Å². The van der Waals surface area contributed by atoms with Gasteiger partial charge in [-0.15, -0.1) is 0 Å². The largest absolute Gasteiger partial charge is 0.489 e. The fourth-order valence-electron chi connectivity index (χ4n) is 3.27. The van der Waals surface area contributed by atoms with Gasteiger partial charge in [-0.1, -0.05) is 54.5 Å². The number of hydrogen-bond acceptors (Lipinski definition) is 3. The topological polar surface area (TPSA) is 64.3 Å². The molecule has 0 spiro atoms. The molecule has 0 fully saturated rings. The van der Waals surface area contributed by atoms with Crippen LogP contribution < -0.4 is 11.1 Å². The number of halogens is 1. The highest BCUT2D eigenvalue weighted by Crippen LogP contribution is 2.21. The van der Waals surface area contributed by atoms with Gasteiger partial charge in [0.05, 0.1) is 5.57 Å². The van der Waals surface area contributed by atoms with Crippen LogP contribution in [0.1, 0.15) is 31.7 Å². The molecular weight excluding hydrogens is 384 g/mol. The van der Waals surface area contributed by atoms with Crippen molar-refractivity contribution in [1.29, 1.82) is 0 Å². The van der Waals surface area contributed by atoms with E-state index in [1.807, 2.05) is 42.5 Å². The Bertz CT molecular complexity index is 909. The smallest absolute Gasteiger partial charge is 0.253 e. The Balaban J connectivity index is 1.46. The van der Waals surface area contributed by atoms with E-state index in [0.29, 0.717) is 35.9 Å². The molecule has 0 saturated carbocycles. The highest BCUT2D eigenvalue weighted by Gasteiger charge is 2.16. The van der Waals surface area contributed by atoms with Crippen molar-refractivity contribution >= 4 is 17.5 Å². The van der Waals surface area contributed by atoms with E-state index in [4.69, 9.17) is 22.1 Å². The van der Waals surface area contributed by atoms with Gasteiger partial charge in [0.15, 0.2) is 0 Å². The molecule has 152 valence electrons. The summed E-state index contributed by atoms with van der Waals surface area (Å²) >= 11 is 6.00. The van der Waals surface area contributed by atoms with E-state index in [1.165, 1.54) is 5.57 Å². The Morgan fingerprint density at radius 1 is 1.34 bits per heavy atom. The standard InChI is InChI=1S/C24H27ClN2O2/c1-2-17-5-4-8-22(23(26)14-17)24(28)27-15-18-9-11-21(12-10-18)29-16-19-6-3-7-20(25)13-19/h3-9,11-13,18H,2,10,14-16,26H2,1H3,(H,27,28). The van der Waals surface area contributed by atoms with Gasteiger partial charge >= 0.3 is 0 Å². The lowest BCUT2D eigenvalue weighted by Crippen LogP contribution is -2.31. The Morgan fingerprint density at radius 3 is 2.93 bits per heavy atom. The highest BCUT2D eigenvalue weighted by molar-refractivity contribution is 6.30. The van der Waals surface area contributed by atoms with Crippen LogP contribution >= 0.6 is 11.6 Å². The van der Waals surface area contributed by atoms with E-state index in [-0.39, 0.29) is 11.8 Å². The second kappa shape index (κ2) is 10.2. The number of amides is 1. The van der Waals surface area contributed by atoms with E-state index < -0.39 is 0 Å². The van der Waals surface area contributed by atoms with Crippen molar-refractivity contribution in [2.75, 3.05) is 6.54 Å². The van der Waals surface area contributed by atoms with Crippen molar-refractivity contribution in [3.8, 4) is 0 Å². The Morgan fingerprint density at radius 2 is 2.21 bits per heavy atom. The molecule has 1 aromatic rings.